The van der Waals surface area contributed by atoms with Crippen LogP contribution in [0, 0.1) is 6.92 Å². The van der Waals surface area contributed by atoms with E-state index in [0.29, 0.717) is 5.56 Å². The molecular weight excluding hydrogens is 260 g/mol. The third-order valence-corrected chi connectivity index (χ3v) is 3.56. The van der Waals surface area contributed by atoms with Crippen LogP contribution >= 0.6 is 11.3 Å². The Kier molecular flexibility index (Phi) is 3.97. The molecule has 2 rings (SSSR count). The largest absolute Gasteiger partial charge is 0.384 e. The molecule has 0 radical (unpaired) electrons. The Morgan fingerprint density at radius 3 is 2.95 bits per heavy atom. The molecule has 4 nitrogen and oxygen atoms in total. The molecule has 0 aliphatic rings. The van der Waals surface area contributed by atoms with Crippen molar-refractivity contribution in [3.63, 3.8) is 0 Å². The Morgan fingerprint density at radius 2 is 2.32 bits per heavy atom. The van der Waals surface area contributed by atoms with E-state index >= 15 is 0 Å². The smallest absolute Gasteiger partial charge is 0.252 e. The topological polar surface area (TPSA) is 62.2 Å². The van der Waals surface area contributed by atoms with Gasteiger partial charge in [-0.15, -0.1) is 0 Å². The van der Waals surface area contributed by atoms with E-state index < -0.39 is 5.60 Å². The monoisotopic (exact) mass is 276 g/mol. The first-order valence-electron chi connectivity index (χ1n) is 5.94. The minimum Gasteiger partial charge on any atom is -0.384 e. The van der Waals surface area contributed by atoms with Crippen LogP contribution in [-0.4, -0.2) is 22.5 Å². The molecule has 1 atom stereocenters. The summed E-state index contributed by atoms with van der Waals surface area (Å²) >= 11 is 1.52. The van der Waals surface area contributed by atoms with E-state index in [1.54, 1.807) is 19.2 Å². The second kappa shape index (κ2) is 5.50. The van der Waals surface area contributed by atoms with Crippen LogP contribution in [0.3, 0.4) is 0 Å². The summed E-state index contributed by atoms with van der Waals surface area (Å²) in [5, 5.41) is 16.8. The van der Waals surface area contributed by atoms with Gasteiger partial charge in [-0.2, -0.15) is 11.3 Å². The summed E-state index contributed by atoms with van der Waals surface area (Å²) in [6.07, 6.45) is 3.21. The van der Waals surface area contributed by atoms with Crippen LogP contribution in [0.1, 0.15) is 28.4 Å². The van der Waals surface area contributed by atoms with E-state index in [1.165, 1.54) is 17.5 Å². The highest BCUT2D eigenvalue weighted by atomic mass is 32.1. The van der Waals surface area contributed by atoms with Gasteiger partial charge in [-0.05, 0) is 47.9 Å². The highest BCUT2D eigenvalue weighted by Crippen LogP contribution is 2.22. The molecule has 0 saturated heterocycles. The number of hydrogen-bond donors (Lipinski definition) is 2. The Morgan fingerprint density at radius 1 is 1.53 bits per heavy atom. The van der Waals surface area contributed by atoms with Gasteiger partial charge in [-0.1, -0.05) is 0 Å². The highest BCUT2D eigenvalue weighted by molar-refractivity contribution is 7.08. The maximum Gasteiger partial charge on any atom is 0.252 e. The van der Waals surface area contributed by atoms with Crippen LogP contribution in [-0.2, 0) is 5.60 Å². The average Bonchev–Trinajstić information content (AvgIpc) is 2.90. The lowest BCUT2D eigenvalue weighted by Gasteiger charge is -2.22. The summed E-state index contributed by atoms with van der Waals surface area (Å²) in [7, 11) is 0. The molecule has 0 spiro atoms. The van der Waals surface area contributed by atoms with E-state index in [2.05, 4.69) is 10.3 Å². The van der Waals surface area contributed by atoms with Crippen LogP contribution in [0.5, 0.6) is 0 Å². The maximum absolute atomic E-state index is 12.0. The predicted octanol–water partition coefficient (Wildman–Crippen LogP) is 2.09. The first-order chi connectivity index (χ1) is 8.99. The average molecular weight is 276 g/mol. The molecule has 1 unspecified atom stereocenters. The van der Waals surface area contributed by atoms with E-state index in [-0.39, 0.29) is 12.5 Å². The van der Waals surface area contributed by atoms with Gasteiger partial charge in [0.1, 0.15) is 5.60 Å². The SMILES string of the molecule is Cc1cncc(C(=O)NCC(C)(O)c2ccsc2)c1. The first kappa shape index (κ1) is 13.7. The zero-order valence-electron chi connectivity index (χ0n) is 10.9. The number of nitrogens with one attached hydrogen (secondary N) is 1. The van der Waals surface area contributed by atoms with Crippen molar-refractivity contribution in [1.82, 2.24) is 10.3 Å². The summed E-state index contributed by atoms with van der Waals surface area (Å²) in [4.78, 5) is 15.9. The normalized spacial score (nSPS) is 13.8. The van der Waals surface area contributed by atoms with E-state index in [0.717, 1.165) is 11.1 Å². The van der Waals surface area contributed by atoms with E-state index in [1.807, 2.05) is 23.8 Å². The predicted molar refractivity (Wildman–Crippen MR) is 75.2 cm³/mol. The van der Waals surface area contributed by atoms with Gasteiger partial charge >= 0.3 is 0 Å². The number of nitrogens with zero attached hydrogens (tertiary/aromatic N) is 1. The third kappa shape index (κ3) is 3.39. The Balaban J connectivity index is 2.01. The van der Waals surface area contributed by atoms with Crippen LogP contribution in [0.25, 0.3) is 0 Å². The fraction of sp³-hybridized carbons (Fsp3) is 0.286. The number of rotatable bonds is 4. The molecule has 2 aromatic rings. The van der Waals surface area contributed by atoms with Gasteiger partial charge in [0.15, 0.2) is 0 Å². The number of thiophene rings is 1. The second-order valence-corrected chi connectivity index (χ2v) is 5.50. The Labute approximate surface area is 116 Å². The van der Waals surface area contributed by atoms with Crippen LogP contribution in [0.4, 0.5) is 0 Å². The summed E-state index contributed by atoms with van der Waals surface area (Å²) in [6, 6.07) is 3.62. The lowest BCUT2D eigenvalue weighted by Crippen LogP contribution is -2.38. The van der Waals surface area contributed by atoms with Gasteiger partial charge < -0.3 is 10.4 Å². The zero-order chi connectivity index (χ0) is 13.9. The van der Waals surface area contributed by atoms with Crippen molar-refractivity contribution < 1.29 is 9.90 Å². The first-order valence-corrected chi connectivity index (χ1v) is 6.88. The quantitative estimate of drug-likeness (QED) is 0.899. The summed E-state index contributed by atoms with van der Waals surface area (Å²) in [6.45, 7) is 3.73. The number of carbonyl (C=O) groups excluding carboxylic acids is 1. The van der Waals surface area contributed by atoms with Gasteiger partial charge in [-0.25, -0.2) is 0 Å². The van der Waals surface area contributed by atoms with Gasteiger partial charge in [0.2, 0.25) is 0 Å². The molecule has 0 aliphatic carbocycles. The molecule has 100 valence electrons. The molecule has 0 aliphatic heterocycles. The summed E-state index contributed by atoms with van der Waals surface area (Å²) in [5.41, 5.74) is 1.17. The second-order valence-electron chi connectivity index (χ2n) is 4.72. The number of aryl methyl sites for hydroxylation is 1. The zero-order valence-corrected chi connectivity index (χ0v) is 11.7. The molecule has 2 N–H and O–H groups in total. The van der Waals surface area contributed by atoms with Crippen molar-refractivity contribution in [1.29, 1.82) is 0 Å². The highest BCUT2D eigenvalue weighted by Gasteiger charge is 2.24. The summed E-state index contributed by atoms with van der Waals surface area (Å²) < 4.78 is 0. The molecular formula is C14H16N2O2S. The Bertz CT molecular complexity index is 565. The fourth-order valence-corrected chi connectivity index (χ4v) is 2.49. The molecule has 5 heteroatoms. The molecule has 19 heavy (non-hydrogen) atoms. The molecule has 1 amide bonds. The van der Waals surface area contributed by atoms with Crippen molar-refractivity contribution in [2.24, 2.45) is 0 Å². The molecule has 0 fully saturated rings. The molecule has 0 bridgehead atoms. The number of carbonyl (C=O) groups is 1. The van der Waals surface area contributed by atoms with Crippen LogP contribution in [0.15, 0.2) is 35.3 Å². The third-order valence-electron chi connectivity index (χ3n) is 2.87. The summed E-state index contributed by atoms with van der Waals surface area (Å²) in [5.74, 6) is -0.230. The number of hydrogen-bond acceptors (Lipinski definition) is 4. The standard InChI is InChI=1S/C14H16N2O2S/c1-10-5-11(7-15-6-10)13(17)16-9-14(2,18)12-3-4-19-8-12/h3-8,18H,9H2,1-2H3,(H,16,17). The maximum atomic E-state index is 12.0. The Hall–Kier alpha value is -1.72. The van der Waals surface area contributed by atoms with E-state index in [4.69, 9.17) is 0 Å². The number of aromatic nitrogens is 1. The van der Waals surface area contributed by atoms with Crippen molar-refractivity contribution in [3.05, 3.63) is 52.0 Å². The van der Waals surface area contributed by atoms with E-state index in [9.17, 15) is 9.90 Å². The van der Waals surface area contributed by atoms with Crippen molar-refractivity contribution in [2.45, 2.75) is 19.4 Å². The van der Waals surface area contributed by atoms with Gasteiger partial charge in [0.05, 0.1) is 12.1 Å². The van der Waals surface area contributed by atoms with Crippen molar-refractivity contribution in [2.75, 3.05) is 6.54 Å². The molecule has 2 heterocycles. The lowest BCUT2D eigenvalue weighted by atomic mass is 9.99. The van der Waals surface area contributed by atoms with Crippen molar-refractivity contribution in [3.8, 4) is 0 Å². The lowest BCUT2D eigenvalue weighted by molar-refractivity contribution is 0.0530. The molecule has 0 saturated carbocycles. The number of aliphatic hydroxyl groups is 1. The molecule has 2 aromatic heterocycles. The number of amides is 1. The number of pyridine rings is 1. The van der Waals surface area contributed by atoms with Gasteiger partial charge in [0.25, 0.3) is 5.91 Å². The van der Waals surface area contributed by atoms with Crippen molar-refractivity contribution >= 4 is 17.2 Å². The minimum atomic E-state index is -1.06. The molecule has 0 aromatic carbocycles. The van der Waals surface area contributed by atoms with Gasteiger partial charge in [0, 0.05) is 12.4 Å². The fourth-order valence-electron chi connectivity index (χ4n) is 1.71. The van der Waals surface area contributed by atoms with Crippen LogP contribution in [0.2, 0.25) is 0 Å². The van der Waals surface area contributed by atoms with Gasteiger partial charge in [-0.3, -0.25) is 9.78 Å². The minimum absolute atomic E-state index is 0.163. The van der Waals surface area contributed by atoms with Crippen LogP contribution < -0.4 is 5.32 Å².